The van der Waals surface area contributed by atoms with Gasteiger partial charge in [-0.05, 0) is 42.7 Å². The summed E-state index contributed by atoms with van der Waals surface area (Å²) in [7, 11) is 0. The Bertz CT molecular complexity index is 1220. The normalized spacial score (nSPS) is 13.6. The van der Waals surface area contributed by atoms with Crippen LogP contribution in [0.1, 0.15) is 35.6 Å². The van der Waals surface area contributed by atoms with Crippen molar-refractivity contribution >= 4 is 24.0 Å². The van der Waals surface area contributed by atoms with Gasteiger partial charge in [-0.15, -0.1) is 0 Å². The largest absolute Gasteiger partial charge is 0.311 e. The van der Waals surface area contributed by atoms with Crippen LogP contribution in [-0.4, -0.2) is 29.0 Å². The number of hydrogen-bond acceptors (Lipinski definition) is 5. The molecule has 1 heterocycles. The van der Waals surface area contributed by atoms with E-state index in [1.54, 1.807) is 48.6 Å². The monoisotopic (exact) mass is 443 g/mol. The zero-order valence-corrected chi connectivity index (χ0v) is 18.2. The summed E-state index contributed by atoms with van der Waals surface area (Å²) < 4.78 is 15.2. The minimum Gasteiger partial charge on any atom is -0.311 e. The zero-order chi connectivity index (χ0) is 23.8. The van der Waals surface area contributed by atoms with Crippen molar-refractivity contribution in [3.05, 3.63) is 94.3 Å². The first-order valence-electron chi connectivity index (χ1n) is 10.2. The van der Waals surface area contributed by atoms with Crippen molar-refractivity contribution in [3.8, 4) is 6.07 Å². The minimum absolute atomic E-state index is 0.111. The van der Waals surface area contributed by atoms with Gasteiger partial charge in [0.25, 0.3) is 0 Å². The third kappa shape index (κ3) is 6.08. The van der Waals surface area contributed by atoms with Crippen molar-refractivity contribution in [2.24, 2.45) is 10.1 Å². The number of nitrogens with zero attached hydrogens (tertiary/aromatic N) is 4. The van der Waals surface area contributed by atoms with Gasteiger partial charge >= 0.3 is 0 Å². The number of nitrogens with one attached hydrogen (secondary N) is 1. The van der Waals surface area contributed by atoms with Crippen molar-refractivity contribution in [1.82, 2.24) is 10.3 Å². The van der Waals surface area contributed by atoms with E-state index in [1.807, 2.05) is 25.1 Å². The van der Waals surface area contributed by atoms with Gasteiger partial charge in [0.2, 0.25) is 18.3 Å². The highest BCUT2D eigenvalue weighted by atomic mass is 19.1. The topological polar surface area (TPSA) is 97.9 Å². The molecule has 1 aliphatic rings. The standard InChI is InChI=1S/C25H22FN5O2/c1-17-6-3-4-7-21(17)24(22-8-5-9-23(28-18(2)33)29-25(22)26)30-31(16-32)15-20-12-10-19(14-27)11-13-20/h3-4,6-13,16H,5,15H2,1-2H3,(H,28,33)/b30-24+. The van der Waals surface area contributed by atoms with E-state index in [-0.39, 0.29) is 29.6 Å². The van der Waals surface area contributed by atoms with Gasteiger partial charge in [0.15, 0.2) is 0 Å². The number of rotatable bonds is 7. The van der Waals surface area contributed by atoms with Gasteiger partial charge in [-0.3, -0.25) is 9.59 Å². The molecule has 1 aliphatic heterocycles. The van der Waals surface area contributed by atoms with Crippen molar-refractivity contribution in [1.29, 1.82) is 5.26 Å². The van der Waals surface area contributed by atoms with Crippen LogP contribution in [0.15, 0.2) is 82.2 Å². The molecule has 0 atom stereocenters. The minimum atomic E-state index is -0.821. The average Bonchev–Trinajstić information content (AvgIpc) is 2.98. The van der Waals surface area contributed by atoms with Gasteiger partial charge < -0.3 is 5.32 Å². The van der Waals surface area contributed by atoms with E-state index in [1.165, 1.54) is 11.9 Å². The van der Waals surface area contributed by atoms with Crippen LogP contribution >= 0.6 is 0 Å². The first kappa shape index (κ1) is 23.3. The maximum Gasteiger partial charge on any atom is 0.230 e. The fourth-order valence-electron chi connectivity index (χ4n) is 3.23. The number of carbonyl (C=O) groups excluding carboxylic acids is 2. The Labute approximate surface area is 191 Å². The SMILES string of the molecule is CC(=O)NC1=CCC=C(/C(=N/N(C=O)Cc2ccc(C#N)cc2)c2ccccc2C)C(F)=N1. The van der Waals surface area contributed by atoms with Crippen LogP contribution in [0.5, 0.6) is 0 Å². The summed E-state index contributed by atoms with van der Waals surface area (Å²) in [5, 5.41) is 17.1. The van der Waals surface area contributed by atoms with Gasteiger partial charge in [-0.1, -0.05) is 42.5 Å². The number of benzene rings is 2. The molecule has 0 unspecified atom stereocenters. The number of allylic oxidation sites excluding steroid dienone is 3. The highest BCUT2D eigenvalue weighted by Crippen LogP contribution is 2.21. The lowest BCUT2D eigenvalue weighted by atomic mass is 9.97. The van der Waals surface area contributed by atoms with Crippen LogP contribution in [0, 0.1) is 18.3 Å². The Morgan fingerprint density at radius 1 is 1.24 bits per heavy atom. The number of aryl methyl sites for hydroxylation is 1. The average molecular weight is 443 g/mol. The van der Waals surface area contributed by atoms with Crippen molar-refractivity contribution in [2.75, 3.05) is 0 Å². The molecule has 0 saturated carbocycles. The van der Waals surface area contributed by atoms with Gasteiger partial charge in [0, 0.05) is 12.5 Å². The quantitative estimate of drug-likeness (QED) is 0.399. The van der Waals surface area contributed by atoms with E-state index in [0.29, 0.717) is 24.0 Å². The summed E-state index contributed by atoms with van der Waals surface area (Å²) in [5.74, 6) is -1.07. The van der Waals surface area contributed by atoms with E-state index in [9.17, 15) is 9.59 Å². The van der Waals surface area contributed by atoms with Crippen molar-refractivity contribution in [3.63, 3.8) is 0 Å². The molecule has 2 aromatic carbocycles. The molecule has 1 N–H and O–H groups in total. The second-order valence-electron chi connectivity index (χ2n) is 7.30. The fraction of sp³-hybridized carbons (Fsp3) is 0.160. The second kappa shape index (κ2) is 10.8. The number of amides is 2. The molecule has 0 aliphatic carbocycles. The highest BCUT2D eigenvalue weighted by molar-refractivity contribution is 6.28. The lowest BCUT2D eigenvalue weighted by Gasteiger charge is -2.17. The summed E-state index contributed by atoms with van der Waals surface area (Å²) in [4.78, 5) is 27.1. The van der Waals surface area contributed by atoms with Crippen LogP contribution in [0.3, 0.4) is 0 Å². The Balaban J connectivity index is 2.02. The Morgan fingerprint density at radius 3 is 2.61 bits per heavy atom. The predicted molar refractivity (Wildman–Crippen MR) is 124 cm³/mol. The molecular formula is C25H22FN5O2. The van der Waals surface area contributed by atoms with Crippen LogP contribution < -0.4 is 5.32 Å². The lowest BCUT2D eigenvalue weighted by molar-refractivity contribution is -0.119. The lowest BCUT2D eigenvalue weighted by Crippen LogP contribution is -2.22. The van der Waals surface area contributed by atoms with Gasteiger partial charge in [0.05, 0.1) is 23.8 Å². The first-order valence-corrected chi connectivity index (χ1v) is 10.2. The maximum absolute atomic E-state index is 15.2. The molecule has 0 saturated heterocycles. The molecule has 2 aromatic rings. The van der Waals surface area contributed by atoms with Crippen LogP contribution in [-0.2, 0) is 16.1 Å². The van der Waals surface area contributed by atoms with E-state index in [4.69, 9.17) is 5.26 Å². The summed E-state index contributed by atoms with van der Waals surface area (Å²) in [6.07, 6.45) is 4.08. The Kier molecular flexibility index (Phi) is 7.60. The number of hydrazone groups is 1. The molecule has 8 heteroatoms. The molecule has 7 nitrogen and oxygen atoms in total. The molecule has 2 amide bonds. The van der Waals surface area contributed by atoms with Gasteiger partial charge in [-0.2, -0.15) is 14.8 Å². The zero-order valence-electron chi connectivity index (χ0n) is 18.2. The van der Waals surface area contributed by atoms with Gasteiger partial charge in [-0.25, -0.2) is 10.0 Å². The maximum atomic E-state index is 15.2. The van der Waals surface area contributed by atoms with E-state index < -0.39 is 5.97 Å². The molecule has 166 valence electrons. The van der Waals surface area contributed by atoms with Crippen LogP contribution in [0.4, 0.5) is 4.39 Å². The van der Waals surface area contributed by atoms with E-state index in [2.05, 4.69) is 15.4 Å². The summed E-state index contributed by atoms with van der Waals surface area (Å²) in [6, 6.07) is 16.1. The third-order valence-corrected chi connectivity index (χ3v) is 4.81. The second-order valence-corrected chi connectivity index (χ2v) is 7.30. The Hall–Kier alpha value is -4.38. The molecule has 0 spiro atoms. The molecule has 3 rings (SSSR count). The third-order valence-electron chi connectivity index (χ3n) is 4.81. The predicted octanol–water partition coefficient (Wildman–Crippen LogP) is 3.91. The molecule has 0 bridgehead atoms. The number of nitriles is 1. The van der Waals surface area contributed by atoms with Gasteiger partial charge in [0.1, 0.15) is 11.5 Å². The number of carbonyl (C=O) groups is 2. The summed E-state index contributed by atoms with van der Waals surface area (Å²) in [6.45, 7) is 3.31. The Morgan fingerprint density at radius 2 is 1.97 bits per heavy atom. The molecule has 0 aromatic heterocycles. The number of halogens is 1. The van der Waals surface area contributed by atoms with E-state index >= 15 is 4.39 Å². The highest BCUT2D eigenvalue weighted by Gasteiger charge is 2.21. The fourth-order valence-corrected chi connectivity index (χ4v) is 3.23. The summed E-state index contributed by atoms with van der Waals surface area (Å²) in [5.41, 5.74) is 3.11. The number of aliphatic imine (C=N–C) groups is 1. The van der Waals surface area contributed by atoms with Crippen LogP contribution in [0.2, 0.25) is 0 Å². The summed E-state index contributed by atoms with van der Waals surface area (Å²) >= 11 is 0. The molecular weight excluding hydrogens is 421 g/mol. The molecule has 33 heavy (non-hydrogen) atoms. The number of hydrogen-bond donors (Lipinski definition) is 1. The van der Waals surface area contributed by atoms with Crippen molar-refractivity contribution in [2.45, 2.75) is 26.8 Å². The smallest absolute Gasteiger partial charge is 0.230 e. The molecule has 0 radical (unpaired) electrons. The van der Waals surface area contributed by atoms with Crippen molar-refractivity contribution < 1.29 is 14.0 Å². The van der Waals surface area contributed by atoms with E-state index in [0.717, 1.165) is 11.1 Å². The molecule has 0 fully saturated rings. The first-order chi connectivity index (χ1) is 15.9. The van der Waals surface area contributed by atoms with Crippen LogP contribution in [0.25, 0.3) is 0 Å².